The van der Waals surface area contributed by atoms with Gasteiger partial charge in [0.1, 0.15) is 0 Å². The highest BCUT2D eigenvalue weighted by molar-refractivity contribution is 5.13. The molecule has 0 spiro atoms. The Morgan fingerprint density at radius 1 is 1.50 bits per heavy atom. The van der Waals surface area contributed by atoms with E-state index in [2.05, 4.69) is 24.5 Å². The van der Waals surface area contributed by atoms with Gasteiger partial charge in [0.05, 0.1) is 0 Å². The molecule has 102 valence electrons. The zero-order valence-electron chi connectivity index (χ0n) is 11.7. The summed E-state index contributed by atoms with van der Waals surface area (Å²) in [6.45, 7) is 9.99. The summed E-state index contributed by atoms with van der Waals surface area (Å²) in [5.41, 5.74) is 2.94. The van der Waals surface area contributed by atoms with E-state index in [-0.39, 0.29) is 0 Å². The fourth-order valence-electron chi connectivity index (χ4n) is 3.21. The SMILES string of the molecule is C=C(C)[C@@H]1CC=C(CN2CCC[C@H](CO)C2)CC1. The van der Waals surface area contributed by atoms with Crippen LogP contribution in [0.5, 0.6) is 0 Å². The second kappa shape index (κ2) is 6.53. The maximum Gasteiger partial charge on any atom is 0.0471 e. The molecule has 0 amide bonds. The van der Waals surface area contributed by atoms with Gasteiger partial charge in [-0.2, -0.15) is 0 Å². The maximum atomic E-state index is 9.26. The van der Waals surface area contributed by atoms with E-state index >= 15 is 0 Å². The van der Waals surface area contributed by atoms with Crippen LogP contribution in [-0.4, -0.2) is 36.2 Å². The van der Waals surface area contributed by atoms with Gasteiger partial charge in [-0.3, -0.25) is 4.90 Å². The van der Waals surface area contributed by atoms with E-state index in [1.54, 1.807) is 5.57 Å². The van der Waals surface area contributed by atoms with E-state index in [4.69, 9.17) is 0 Å². The van der Waals surface area contributed by atoms with E-state index < -0.39 is 0 Å². The lowest BCUT2D eigenvalue weighted by Crippen LogP contribution is -2.38. The third-order valence-electron chi connectivity index (χ3n) is 4.49. The van der Waals surface area contributed by atoms with Crippen molar-refractivity contribution in [1.29, 1.82) is 0 Å². The van der Waals surface area contributed by atoms with E-state index in [1.165, 1.54) is 44.2 Å². The summed E-state index contributed by atoms with van der Waals surface area (Å²) < 4.78 is 0. The number of aliphatic hydroxyl groups is 1. The van der Waals surface area contributed by atoms with Crippen molar-refractivity contribution in [2.45, 2.75) is 39.0 Å². The molecule has 0 aromatic heterocycles. The van der Waals surface area contributed by atoms with E-state index in [1.807, 2.05) is 0 Å². The molecule has 0 radical (unpaired) electrons. The summed E-state index contributed by atoms with van der Waals surface area (Å²) in [6.07, 6.45) is 8.57. The molecule has 1 fully saturated rings. The van der Waals surface area contributed by atoms with Crippen molar-refractivity contribution in [3.05, 3.63) is 23.8 Å². The lowest BCUT2D eigenvalue weighted by molar-refractivity contribution is 0.126. The average Bonchev–Trinajstić information content (AvgIpc) is 2.39. The van der Waals surface area contributed by atoms with Crippen molar-refractivity contribution in [2.24, 2.45) is 11.8 Å². The van der Waals surface area contributed by atoms with Crippen molar-refractivity contribution in [3.8, 4) is 0 Å². The van der Waals surface area contributed by atoms with Crippen molar-refractivity contribution < 1.29 is 5.11 Å². The third kappa shape index (κ3) is 3.69. The number of piperidine rings is 1. The van der Waals surface area contributed by atoms with Crippen molar-refractivity contribution in [2.75, 3.05) is 26.2 Å². The van der Waals surface area contributed by atoms with Gasteiger partial charge in [0.15, 0.2) is 0 Å². The number of allylic oxidation sites excluding steroid dienone is 2. The van der Waals surface area contributed by atoms with E-state index in [0.29, 0.717) is 18.4 Å². The lowest BCUT2D eigenvalue weighted by Gasteiger charge is -2.33. The third-order valence-corrected chi connectivity index (χ3v) is 4.49. The molecule has 2 nitrogen and oxygen atoms in total. The molecule has 18 heavy (non-hydrogen) atoms. The van der Waals surface area contributed by atoms with Crippen LogP contribution in [0.2, 0.25) is 0 Å². The highest BCUT2D eigenvalue weighted by Crippen LogP contribution is 2.29. The minimum Gasteiger partial charge on any atom is -0.396 e. The number of likely N-dealkylation sites (tertiary alicyclic amines) is 1. The molecule has 0 saturated carbocycles. The molecular weight excluding hydrogens is 222 g/mol. The normalized spacial score (nSPS) is 30.0. The minimum atomic E-state index is 0.354. The Labute approximate surface area is 111 Å². The van der Waals surface area contributed by atoms with Crippen LogP contribution in [0, 0.1) is 11.8 Å². The lowest BCUT2D eigenvalue weighted by atomic mass is 9.85. The quantitative estimate of drug-likeness (QED) is 0.774. The zero-order valence-corrected chi connectivity index (χ0v) is 11.7. The van der Waals surface area contributed by atoms with Gasteiger partial charge in [0.2, 0.25) is 0 Å². The van der Waals surface area contributed by atoms with Crippen LogP contribution < -0.4 is 0 Å². The Hall–Kier alpha value is -0.600. The molecule has 0 unspecified atom stereocenters. The molecule has 0 aromatic rings. The summed E-state index contributed by atoms with van der Waals surface area (Å²) >= 11 is 0. The van der Waals surface area contributed by atoms with Crippen LogP contribution in [-0.2, 0) is 0 Å². The van der Waals surface area contributed by atoms with Crippen molar-refractivity contribution in [3.63, 3.8) is 0 Å². The number of nitrogens with zero attached hydrogens (tertiary/aromatic N) is 1. The van der Waals surface area contributed by atoms with Crippen LogP contribution in [0.4, 0.5) is 0 Å². The minimum absolute atomic E-state index is 0.354. The molecule has 2 rings (SSSR count). The van der Waals surface area contributed by atoms with Gasteiger partial charge in [-0.1, -0.05) is 23.8 Å². The predicted octanol–water partition coefficient (Wildman–Crippen LogP) is 2.99. The Kier molecular flexibility index (Phi) is 5.02. The molecule has 1 saturated heterocycles. The van der Waals surface area contributed by atoms with E-state index in [0.717, 1.165) is 13.1 Å². The fraction of sp³-hybridized carbons (Fsp3) is 0.750. The van der Waals surface area contributed by atoms with Gasteiger partial charge < -0.3 is 5.11 Å². The Bertz CT molecular complexity index is 321. The Balaban J connectivity index is 1.81. The van der Waals surface area contributed by atoms with Gasteiger partial charge in [-0.25, -0.2) is 0 Å². The molecule has 1 aliphatic carbocycles. The van der Waals surface area contributed by atoms with Gasteiger partial charge in [0, 0.05) is 19.7 Å². The molecule has 0 bridgehead atoms. The molecule has 1 aliphatic heterocycles. The van der Waals surface area contributed by atoms with Crippen LogP contribution in [0.1, 0.15) is 39.0 Å². The highest BCUT2D eigenvalue weighted by atomic mass is 16.3. The van der Waals surface area contributed by atoms with E-state index in [9.17, 15) is 5.11 Å². The first-order valence-corrected chi connectivity index (χ1v) is 7.35. The fourth-order valence-corrected chi connectivity index (χ4v) is 3.21. The van der Waals surface area contributed by atoms with Crippen molar-refractivity contribution in [1.82, 2.24) is 4.90 Å². The first-order chi connectivity index (χ1) is 8.69. The number of aliphatic hydroxyl groups excluding tert-OH is 1. The highest BCUT2D eigenvalue weighted by Gasteiger charge is 2.21. The topological polar surface area (TPSA) is 23.5 Å². The molecule has 1 heterocycles. The summed E-state index contributed by atoms with van der Waals surface area (Å²) in [4.78, 5) is 2.53. The first kappa shape index (κ1) is 13.8. The maximum absolute atomic E-state index is 9.26. The molecule has 0 aromatic carbocycles. The predicted molar refractivity (Wildman–Crippen MR) is 76.5 cm³/mol. The second-order valence-electron chi connectivity index (χ2n) is 6.11. The average molecular weight is 249 g/mol. The smallest absolute Gasteiger partial charge is 0.0471 e. The van der Waals surface area contributed by atoms with Crippen LogP contribution in [0.15, 0.2) is 23.8 Å². The van der Waals surface area contributed by atoms with Crippen molar-refractivity contribution >= 4 is 0 Å². The number of hydrogen-bond acceptors (Lipinski definition) is 2. The Morgan fingerprint density at radius 3 is 2.94 bits per heavy atom. The van der Waals surface area contributed by atoms with Gasteiger partial charge in [-0.05, 0) is 57.4 Å². The molecular formula is C16H27NO. The number of rotatable bonds is 4. The summed E-state index contributed by atoms with van der Waals surface area (Å²) in [5.74, 6) is 1.21. The van der Waals surface area contributed by atoms with Crippen LogP contribution in [0.3, 0.4) is 0 Å². The first-order valence-electron chi connectivity index (χ1n) is 7.35. The monoisotopic (exact) mass is 249 g/mol. The van der Waals surface area contributed by atoms with Gasteiger partial charge in [0.25, 0.3) is 0 Å². The zero-order chi connectivity index (χ0) is 13.0. The van der Waals surface area contributed by atoms with Crippen LogP contribution in [0.25, 0.3) is 0 Å². The van der Waals surface area contributed by atoms with Crippen LogP contribution >= 0.6 is 0 Å². The summed E-state index contributed by atoms with van der Waals surface area (Å²) in [6, 6.07) is 0. The molecule has 2 aliphatic rings. The molecule has 1 N–H and O–H groups in total. The molecule has 2 heteroatoms. The van der Waals surface area contributed by atoms with Gasteiger partial charge >= 0.3 is 0 Å². The largest absolute Gasteiger partial charge is 0.396 e. The Morgan fingerprint density at radius 2 is 2.33 bits per heavy atom. The van der Waals surface area contributed by atoms with Gasteiger partial charge in [-0.15, -0.1) is 0 Å². The standard InChI is InChI=1S/C16H27NO/c1-13(2)16-7-5-14(6-8-16)10-17-9-3-4-15(11-17)12-18/h5,15-16,18H,1,3-4,6-12H2,2H3/t15-,16+/m0/s1. The second-order valence-corrected chi connectivity index (χ2v) is 6.11. The number of hydrogen-bond donors (Lipinski definition) is 1. The summed E-state index contributed by atoms with van der Waals surface area (Å²) in [5, 5.41) is 9.26. The summed E-state index contributed by atoms with van der Waals surface area (Å²) in [7, 11) is 0. The molecule has 2 atom stereocenters.